The number of aromatic nitrogens is 2. The predicted octanol–water partition coefficient (Wildman–Crippen LogP) is 1.27. The third-order valence-corrected chi connectivity index (χ3v) is 5.82. The van der Waals surface area contributed by atoms with E-state index in [1.807, 2.05) is 6.07 Å². The lowest BCUT2D eigenvalue weighted by molar-refractivity contribution is -0.134. The number of aryl methyl sites for hydroxylation is 1. The largest absolute Gasteiger partial charge is 0.352 e. The van der Waals surface area contributed by atoms with Crippen LogP contribution in [0.15, 0.2) is 23.0 Å². The van der Waals surface area contributed by atoms with Crippen molar-refractivity contribution in [2.24, 2.45) is 5.92 Å². The Hall–Kier alpha value is -3.03. The van der Waals surface area contributed by atoms with Gasteiger partial charge in [0.2, 0.25) is 11.8 Å². The van der Waals surface area contributed by atoms with Crippen molar-refractivity contribution in [3.8, 4) is 0 Å². The van der Waals surface area contributed by atoms with Gasteiger partial charge in [0.15, 0.2) is 0 Å². The molecule has 2 fully saturated rings. The second-order valence-electron chi connectivity index (χ2n) is 8.15. The van der Waals surface area contributed by atoms with Gasteiger partial charge >= 0.3 is 0 Å². The van der Waals surface area contributed by atoms with Crippen molar-refractivity contribution in [2.75, 3.05) is 0 Å². The van der Waals surface area contributed by atoms with E-state index in [4.69, 9.17) is 0 Å². The molecule has 1 aliphatic carbocycles. The maximum absolute atomic E-state index is 13.4. The van der Waals surface area contributed by atoms with Crippen molar-refractivity contribution in [1.82, 2.24) is 20.2 Å². The van der Waals surface area contributed by atoms with E-state index in [9.17, 15) is 19.2 Å². The molecule has 1 aliphatic heterocycles. The molecule has 4 rings (SSSR count). The SMILES string of the molecule is Cc1nc2ccc(CNC(=O)C3CC3)cc2c(=O)n1C1(C)CCCC(=O)NC1=O. The molecular weight excluding hydrogens is 372 g/mol. The van der Waals surface area contributed by atoms with Crippen LogP contribution in [-0.2, 0) is 26.5 Å². The Morgan fingerprint density at radius 1 is 1.31 bits per heavy atom. The van der Waals surface area contributed by atoms with Crippen molar-refractivity contribution >= 4 is 28.6 Å². The average molecular weight is 396 g/mol. The summed E-state index contributed by atoms with van der Waals surface area (Å²) < 4.78 is 1.40. The van der Waals surface area contributed by atoms with E-state index in [1.165, 1.54) is 4.57 Å². The van der Waals surface area contributed by atoms with Crippen molar-refractivity contribution < 1.29 is 14.4 Å². The summed E-state index contributed by atoms with van der Waals surface area (Å²) >= 11 is 0. The Kier molecular flexibility index (Phi) is 4.72. The number of amides is 3. The predicted molar refractivity (Wildman–Crippen MR) is 106 cm³/mol. The fraction of sp³-hybridized carbons (Fsp3) is 0.476. The summed E-state index contributed by atoms with van der Waals surface area (Å²) in [6, 6.07) is 5.31. The van der Waals surface area contributed by atoms with Crippen LogP contribution in [0.25, 0.3) is 10.9 Å². The molecule has 1 aromatic heterocycles. The fourth-order valence-electron chi connectivity index (χ4n) is 3.96. The molecule has 152 valence electrons. The first-order valence-corrected chi connectivity index (χ1v) is 9.94. The van der Waals surface area contributed by atoms with Crippen LogP contribution in [0.2, 0.25) is 0 Å². The second kappa shape index (κ2) is 7.09. The molecule has 0 bridgehead atoms. The van der Waals surface area contributed by atoms with E-state index in [2.05, 4.69) is 15.6 Å². The van der Waals surface area contributed by atoms with Gasteiger partial charge in [0, 0.05) is 18.9 Å². The van der Waals surface area contributed by atoms with E-state index in [-0.39, 0.29) is 29.7 Å². The van der Waals surface area contributed by atoms with Gasteiger partial charge in [-0.3, -0.25) is 29.1 Å². The quantitative estimate of drug-likeness (QED) is 0.757. The highest BCUT2D eigenvalue weighted by molar-refractivity contribution is 5.99. The van der Waals surface area contributed by atoms with Crippen LogP contribution in [0.5, 0.6) is 0 Å². The Morgan fingerprint density at radius 2 is 2.07 bits per heavy atom. The molecule has 3 amide bonds. The summed E-state index contributed by atoms with van der Waals surface area (Å²) in [5.74, 6) is -0.236. The lowest BCUT2D eigenvalue weighted by atomic mass is 9.94. The smallest absolute Gasteiger partial charge is 0.262 e. The zero-order valence-electron chi connectivity index (χ0n) is 16.6. The van der Waals surface area contributed by atoms with Gasteiger partial charge in [0.1, 0.15) is 11.4 Å². The average Bonchev–Trinajstić information content (AvgIpc) is 3.51. The van der Waals surface area contributed by atoms with E-state index < -0.39 is 11.4 Å². The van der Waals surface area contributed by atoms with Crippen LogP contribution in [0.1, 0.15) is 50.4 Å². The van der Waals surface area contributed by atoms with Crippen LogP contribution in [0, 0.1) is 12.8 Å². The number of hydrogen-bond acceptors (Lipinski definition) is 5. The number of fused-ring (bicyclic) bond motifs is 1. The van der Waals surface area contributed by atoms with Gasteiger partial charge in [0.25, 0.3) is 11.5 Å². The van der Waals surface area contributed by atoms with Gasteiger partial charge in [-0.1, -0.05) is 6.07 Å². The molecule has 8 nitrogen and oxygen atoms in total. The highest BCUT2D eigenvalue weighted by atomic mass is 16.2. The van der Waals surface area contributed by atoms with E-state index in [0.717, 1.165) is 18.4 Å². The molecule has 1 unspecified atom stereocenters. The minimum atomic E-state index is -1.19. The molecule has 1 aromatic carbocycles. The van der Waals surface area contributed by atoms with Gasteiger partial charge in [0.05, 0.1) is 10.9 Å². The Balaban J connectivity index is 1.74. The second-order valence-corrected chi connectivity index (χ2v) is 8.15. The fourth-order valence-corrected chi connectivity index (χ4v) is 3.96. The van der Waals surface area contributed by atoms with E-state index in [0.29, 0.717) is 36.1 Å². The molecule has 1 saturated heterocycles. The summed E-state index contributed by atoms with van der Waals surface area (Å²) in [4.78, 5) is 54.3. The van der Waals surface area contributed by atoms with Gasteiger partial charge < -0.3 is 5.32 Å². The molecule has 8 heteroatoms. The van der Waals surface area contributed by atoms with E-state index in [1.54, 1.807) is 26.0 Å². The minimum absolute atomic E-state index is 0.0387. The molecule has 2 aromatic rings. The number of carbonyl (C=O) groups is 3. The summed E-state index contributed by atoms with van der Waals surface area (Å²) in [5, 5.41) is 5.66. The molecule has 0 radical (unpaired) electrons. The number of imide groups is 1. The number of hydrogen-bond donors (Lipinski definition) is 2. The molecule has 2 N–H and O–H groups in total. The Labute approximate surface area is 167 Å². The molecule has 29 heavy (non-hydrogen) atoms. The standard InChI is InChI=1S/C21H24N4O4/c1-12-23-16-8-5-13(11-22-18(27)14-6-7-14)10-15(16)19(28)25(12)21(2)9-3-4-17(26)24-20(21)29/h5,8,10,14H,3-4,6-7,9,11H2,1-2H3,(H,22,27)(H,24,26,29). The van der Waals surface area contributed by atoms with Crippen LogP contribution < -0.4 is 16.2 Å². The topological polar surface area (TPSA) is 110 Å². The first-order valence-electron chi connectivity index (χ1n) is 9.94. The number of carbonyl (C=O) groups excluding carboxylic acids is 3. The van der Waals surface area contributed by atoms with Gasteiger partial charge in [-0.2, -0.15) is 0 Å². The van der Waals surface area contributed by atoms with Gasteiger partial charge in [-0.15, -0.1) is 0 Å². The summed E-state index contributed by atoms with van der Waals surface area (Å²) in [6.07, 6.45) is 2.99. The Bertz CT molecular complexity index is 1090. The molecular formula is C21H24N4O4. The first kappa shape index (κ1) is 19.3. The highest BCUT2D eigenvalue weighted by Crippen LogP contribution is 2.29. The zero-order valence-corrected chi connectivity index (χ0v) is 16.6. The van der Waals surface area contributed by atoms with Crippen LogP contribution in [-0.4, -0.2) is 27.3 Å². The maximum Gasteiger partial charge on any atom is 0.262 e. The summed E-state index contributed by atoms with van der Waals surface area (Å²) in [7, 11) is 0. The molecule has 2 heterocycles. The van der Waals surface area contributed by atoms with Crippen molar-refractivity contribution in [1.29, 1.82) is 0 Å². The maximum atomic E-state index is 13.4. The van der Waals surface area contributed by atoms with Crippen LogP contribution in [0.4, 0.5) is 0 Å². The lowest BCUT2D eigenvalue weighted by Gasteiger charge is -2.30. The number of nitrogens with one attached hydrogen (secondary N) is 2. The van der Waals surface area contributed by atoms with Crippen molar-refractivity contribution in [3.63, 3.8) is 0 Å². The summed E-state index contributed by atoms with van der Waals surface area (Å²) in [6.45, 7) is 3.70. The highest BCUT2D eigenvalue weighted by Gasteiger charge is 2.40. The van der Waals surface area contributed by atoms with Crippen molar-refractivity contribution in [3.05, 3.63) is 39.9 Å². The normalized spacial score (nSPS) is 22.3. The van der Waals surface area contributed by atoms with Gasteiger partial charge in [-0.25, -0.2) is 4.98 Å². The number of benzene rings is 1. The lowest BCUT2D eigenvalue weighted by Crippen LogP contribution is -2.51. The first-order chi connectivity index (χ1) is 13.8. The number of nitrogens with zero attached hydrogens (tertiary/aromatic N) is 2. The zero-order chi connectivity index (χ0) is 20.8. The van der Waals surface area contributed by atoms with Crippen LogP contribution in [0.3, 0.4) is 0 Å². The third kappa shape index (κ3) is 3.54. The molecule has 0 spiro atoms. The van der Waals surface area contributed by atoms with Crippen LogP contribution >= 0.6 is 0 Å². The minimum Gasteiger partial charge on any atom is -0.352 e. The van der Waals surface area contributed by atoms with E-state index >= 15 is 0 Å². The Morgan fingerprint density at radius 3 is 2.79 bits per heavy atom. The molecule has 1 saturated carbocycles. The number of rotatable bonds is 4. The summed E-state index contributed by atoms with van der Waals surface area (Å²) in [5.41, 5.74) is -0.180. The monoisotopic (exact) mass is 396 g/mol. The van der Waals surface area contributed by atoms with Crippen molar-refractivity contribution in [2.45, 2.75) is 58.0 Å². The van der Waals surface area contributed by atoms with Gasteiger partial charge in [-0.05, 0) is 57.2 Å². The third-order valence-electron chi connectivity index (χ3n) is 5.82. The molecule has 1 atom stereocenters. The molecule has 2 aliphatic rings.